The predicted molar refractivity (Wildman–Crippen MR) is 94.4 cm³/mol. The molecule has 1 saturated heterocycles. The van der Waals surface area contributed by atoms with Crippen molar-refractivity contribution in [2.75, 3.05) is 31.4 Å². The lowest BCUT2D eigenvalue weighted by atomic mass is 9.87. The Balaban J connectivity index is 1.90. The molecule has 1 atom stereocenters. The van der Waals surface area contributed by atoms with Gasteiger partial charge in [-0.25, -0.2) is 9.97 Å². The molecule has 1 aliphatic rings. The van der Waals surface area contributed by atoms with Gasteiger partial charge in [-0.05, 0) is 36.5 Å². The zero-order chi connectivity index (χ0) is 16.9. The number of halogens is 1. The Bertz CT molecular complexity index is 675. The number of nitrogen functional groups attached to an aromatic ring is 1. The van der Waals surface area contributed by atoms with E-state index in [4.69, 9.17) is 26.8 Å². The largest absolute Gasteiger partial charge is 0.497 e. The van der Waals surface area contributed by atoms with Crippen LogP contribution < -0.4 is 15.8 Å². The molecule has 128 valence electrons. The minimum atomic E-state index is 0.0617. The highest BCUT2D eigenvalue weighted by atomic mass is 35.5. The molecular formula is C17H21ClN4O2. The van der Waals surface area contributed by atoms with Gasteiger partial charge in [-0.15, -0.1) is 0 Å². The van der Waals surface area contributed by atoms with Crippen molar-refractivity contribution in [2.24, 2.45) is 5.92 Å². The summed E-state index contributed by atoms with van der Waals surface area (Å²) in [6, 6.07) is 8.10. The Morgan fingerprint density at radius 1 is 1.25 bits per heavy atom. The maximum absolute atomic E-state index is 6.25. The summed E-state index contributed by atoms with van der Waals surface area (Å²) in [5.74, 6) is 2.07. The normalized spacial score (nSPS) is 16.6. The Morgan fingerprint density at radius 2 is 1.96 bits per heavy atom. The van der Waals surface area contributed by atoms with Gasteiger partial charge in [0.1, 0.15) is 22.9 Å². The first kappa shape index (κ1) is 16.8. The molecule has 2 aromatic rings. The molecule has 1 unspecified atom stereocenters. The highest BCUT2D eigenvalue weighted by Gasteiger charge is 2.26. The van der Waals surface area contributed by atoms with Crippen molar-refractivity contribution < 1.29 is 9.47 Å². The van der Waals surface area contributed by atoms with Crippen LogP contribution in [-0.4, -0.2) is 30.3 Å². The van der Waals surface area contributed by atoms with Crippen LogP contribution in [0.25, 0.3) is 0 Å². The molecule has 1 fully saturated rings. The van der Waals surface area contributed by atoms with E-state index in [0.29, 0.717) is 16.8 Å². The lowest BCUT2D eigenvalue weighted by Gasteiger charge is -2.32. The first-order valence-corrected chi connectivity index (χ1v) is 8.31. The third kappa shape index (κ3) is 3.71. The Morgan fingerprint density at radius 3 is 2.62 bits per heavy atom. The summed E-state index contributed by atoms with van der Waals surface area (Å²) in [6.45, 7) is 1.53. The van der Waals surface area contributed by atoms with Gasteiger partial charge < -0.3 is 20.5 Å². The van der Waals surface area contributed by atoms with Crippen molar-refractivity contribution >= 4 is 23.2 Å². The molecule has 1 aliphatic heterocycles. The van der Waals surface area contributed by atoms with Crippen LogP contribution in [0.15, 0.2) is 30.6 Å². The van der Waals surface area contributed by atoms with Crippen LogP contribution in [-0.2, 0) is 4.74 Å². The third-order valence-corrected chi connectivity index (χ3v) is 4.69. The van der Waals surface area contributed by atoms with E-state index in [9.17, 15) is 0 Å². The number of hydrogen-bond donors (Lipinski definition) is 2. The molecule has 24 heavy (non-hydrogen) atoms. The Labute approximate surface area is 146 Å². The van der Waals surface area contributed by atoms with Gasteiger partial charge in [-0.1, -0.05) is 23.7 Å². The molecule has 0 saturated carbocycles. The van der Waals surface area contributed by atoms with Gasteiger partial charge in [0.2, 0.25) is 0 Å². The Hall–Kier alpha value is -2.05. The first-order valence-electron chi connectivity index (χ1n) is 7.93. The van der Waals surface area contributed by atoms with Gasteiger partial charge in [-0.2, -0.15) is 0 Å². The van der Waals surface area contributed by atoms with Crippen LogP contribution in [0.4, 0.5) is 11.6 Å². The highest BCUT2D eigenvalue weighted by molar-refractivity contribution is 6.35. The molecule has 6 nitrogen and oxygen atoms in total. The van der Waals surface area contributed by atoms with Crippen molar-refractivity contribution in [1.82, 2.24) is 9.97 Å². The van der Waals surface area contributed by atoms with Gasteiger partial charge in [0.05, 0.1) is 13.2 Å². The number of methoxy groups -OCH3 is 1. The fourth-order valence-corrected chi connectivity index (χ4v) is 3.12. The zero-order valence-corrected chi connectivity index (χ0v) is 14.3. The lowest BCUT2D eigenvalue weighted by molar-refractivity contribution is 0.0605. The molecule has 1 aromatic heterocycles. The quantitative estimate of drug-likeness (QED) is 0.862. The third-order valence-electron chi connectivity index (χ3n) is 4.32. The van der Waals surface area contributed by atoms with Crippen LogP contribution in [0, 0.1) is 5.92 Å². The van der Waals surface area contributed by atoms with Crippen molar-refractivity contribution in [3.63, 3.8) is 0 Å². The molecule has 1 aromatic carbocycles. The van der Waals surface area contributed by atoms with E-state index in [2.05, 4.69) is 27.4 Å². The van der Waals surface area contributed by atoms with Crippen molar-refractivity contribution in [1.29, 1.82) is 0 Å². The minimum absolute atomic E-state index is 0.0617. The van der Waals surface area contributed by atoms with Crippen LogP contribution in [0.1, 0.15) is 24.4 Å². The number of rotatable bonds is 5. The smallest absolute Gasteiger partial charge is 0.150 e. The highest BCUT2D eigenvalue weighted by Crippen LogP contribution is 2.35. The van der Waals surface area contributed by atoms with Crippen LogP contribution in [0.3, 0.4) is 0 Å². The second-order valence-electron chi connectivity index (χ2n) is 5.77. The van der Waals surface area contributed by atoms with Gasteiger partial charge in [0, 0.05) is 13.2 Å². The second kappa shape index (κ2) is 7.68. The summed E-state index contributed by atoms with van der Waals surface area (Å²) in [7, 11) is 1.66. The summed E-state index contributed by atoms with van der Waals surface area (Å²) in [6.07, 6.45) is 3.36. The van der Waals surface area contributed by atoms with Crippen molar-refractivity contribution in [3.8, 4) is 5.75 Å². The van der Waals surface area contributed by atoms with Gasteiger partial charge in [0.15, 0.2) is 5.82 Å². The molecule has 3 N–H and O–H groups in total. The van der Waals surface area contributed by atoms with Crippen LogP contribution >= 0.6 is 11.6 Å². The van der Waals surface area contributed by atoms with E-state index in [0.717, 1.165) is 37.4 Å². The van der Waals surface area contributed by atoms with E-state index in [1.807, 2.05) is 12.1 Å². The molecule has 0 spiro atoms. The molecule has 3 rings (SSSR count). The molecule has 2 heterocycles. The molecule has 0 amide bonds. The number of aromatic nitrogens is 2. The summed E-state index contributed by atoms with van der Waals surface area (Å²) in [5.41, 5.74) is 6.94. The molecule has 7 heteroatoms. The molecule has 0 radical (unpaired) electrons. The van der Waals surface area contributed by atoms with E-state index < -0.39 is 0 Å². The predicted octanol–water partition coefficient (Wildman–Crippen LogP) is 3.30. The van der Waals surface area contributed by atoms with Crippen molar-refractivity contribution in [2.45, 2.75) is 18.9 Å². The average Bonchev–Trinajstić information content (AvgIpc) is 2.64. The number of hydrogen-bond acceptors (Lipinski definition) is 6. The van der Waals surface area contributed by atoms with E-state index in [1.54, 1.807) is 7.11 Å². The van der Waals surface area contributed by atoms with Gasteiger partial charge in [0.25, 0.3) is 0 Å². The molecule has 0 aliphatic carbocycles. The molecule has 0 bridgehead atoms. The van der Waals surface area contributed by atoms with Crippen LogP contribution in [0.5, 0.6) is 5.75 Å². The summed E-state index contributed by atoms with van der Waals surface area (Å²) < 4.78 is 10.7. The van der Waals surface area contributed by atoms with E-state index in [-0.39, 0.29) is 11.9 Å². The standard InChI is InChI=1S/C17H21ClN4O2/c1-23-13-4-2-11(3-5-13)15(12-6-8-24-9-7-12)22-17-14(18)16(19)20-10-21-17/h2-5,10,12,15H,6-9H2,1H3,(H3,19,20,21,22). The summed E-state index contributed by atoms with van der Waals surface area (Å²) in [4.78, 5) is 8.16. The SMILES string of the molecule is COc1ccc(C(Nc2ncnc(N)c2Cl)C2CCOCC2)cc1. The van der Waals surface area contributed by atoms with E-state index >= 15 is 0 Å². The summed E-state index contributed by atoms with van der Waals surface area (Å²) >= 11 is 6.25. The number of anilines is 2. The molecular weight excluding hydrogens is 328 g/mol. The maximum atomic E-state index is 6.25. The summed E-state index contributed by atoms with van der Waals surface area (Å²) in [5, 5.41) is 3.80. The lowest BCUT2D eigenvalue weighted by Crippen LogP contribution is -2.27. The number of nitrogens with one attached hydrogen (secondary N) is 1. The number of benzene rings is 1. The van der Waals surface area contributed by atoms with E-state index in [1.165, 1.54) is 6.33 Å². The monoisotopic (exact) mass is 348 g/mol. The fraction of sp³-hybridized carbons (Fsp3) is 0.412. The van der Waals surface area contributed by atoms with Crippen LogP contribution in [0.2, 0.25) is 5.02 Å². The van der Waals surface area contributed by atoms with Gasteiger partial charge in [-0.3, -0.25) is 0 Å². The topological polar surface area (TPSA) is 82.3 Å². The Kier molecular flexibility index (Phi) is 5.37. The minimum Gasteiger partial charge on any atom is -0.497 e. The number of nitrogens with zero attached hydrogens (tertiary/aromatic N) is 2. The van der Waals surface area contributed by atoms with Crippen molar-refractivity contribution in [3.05, 3.63) is 41.2 Å². The fourth-order valence-electron chi connectivity index (χ4n) is 2.97. The number of nitrogens with two attached hydrogens (primary N) is 1. The number of ether oxygens (including phenoxy) is 2. The average molecular weight is 349 g/mol. The van der Waals surface area contributed by atoms with Gasteiger partial charge >= 0.3 is 0 Å². The second-order valence-corrected chi connectivity index (χ2v) is 6.14. The first-order chi connectivity index (χ1) is 11.7. The maximum Gasteiger partial charge on any atom is 0.150 e. The zero-order valence-electron chi connectivity index (χ0n) is 13.5.